The number of nitrogens with zero attached hydrogens (tertiary/aromatic N) is 2. The van der Waals surface area contributed by atoms with Gasteiger partial charge in [-0.1, -0.05) is 30.3 Å². The van der Waals surface area contributed by atoms with Crippen molar-refractivity contribution in [2.45, 2.75) is 13.8 Å². The predicted octanol–water partition coefficient (Wildman–Crippen LogP) is 2.72. The highest BCUT2D eigenvalue weighted by Gasteiger charge is 2.17. The molecule has 0 aliphatic carbocycles. The van der Waals surface area contributed by atoms with Crippen molar-refractivity contribution in [3.05, 3.63) is 42.1 Å². The van der Waals surface area contributed by atoms with E-state index in [9.17, 15) is 4.79 Å². The van der Waals surface area contributed by atoms with Gasteiger partial charge in [0.25, 0.3) is 0 Å². The van der Waals surface area contributed by atoms with E-state index in [4.69, 9.17) is 9.47 Å². The Bertz CT molecular complexity index is 585. The fourth-order valence-corrected chi connectivity index (χ4v) is 1.69. The summed E-state index contributed by atoms with van der Waals surface area (Å²) < 4.78 is 10.4. The van der Waals surface area contributed by atoms with Crippen LogP contribution in [0.1, 0.15) is 24.2 Å². The molecule has 0 saturated carbocycles. The molecule has 0 N–H and O–H groups in total. The zero-order chi connectivity index (χ0) is 14.4. The van der Waals surface area contributed by atoms with E-state index < -0.39 is 5.97 Å². The summed E-state index contributed by atoms with van der Waals surface area (Å²) in [6.07, 6.45) is 1.44. The fourth-order valence-electron chi connectivity index (χ4n) is 1.69. The maximum Gasteiger partial charge on any atom is 0.345 e. The van der Waals surface area contributed by atoms with E-state index in [2.05, 4.69) is 9.97 Å². The molecular weight excluding hydrogens is 256 g/mol. The van der Waals surface area contributed by atoms with Crippen LogP contribution >= 0.6 is 0 Å². The molecule has 0 unspecified atom stereocenters. The minimum Gasteiger partial charge on any atom is -0.477 e. The van der Waals surface area contributed by atoms with Gasteiger partial charge in [0, 0.05) is 11.8 Å². The number of ether oxygens (including phenoxy) is 2. The van der Waals surface area contributed by atoms with Gasteiger partial charge in [0.05, 0.1) is 13.2 Å². The number of hydrogen-bond acceptors (Lipinski definition) is 5. The van der Waals surface area contributed by atoms with Crippen LogP contribution in [0.25, 0.3) is 11.4 Å². The molecule has 20 heavy (non-hydrogen) atoms. The van der Waals surface area contributed by atoms with E-state index in [1.807, 2.05) is 37.3 Å². The monoisotopic (exact) mass is 272 g/mol. The van der Waals surface area contributed by atoms with Gasteiger partial charge in [0.1, 0.15) is 5.56 Å². The van der Waals surface area contributed by atoms with E-state index in [1.54, 1.807) is 6.92 Å². The molecule has 1 heterocycles. The maximum atomic E-state index is 11.8. The van der Waals surface area contributed by atoms with E-state index in [0.29, 0.717) is 19.0 Å². The molecule has 0 amide bonds. The molecule has 0 aliphatic heterocycles. The van der Waals surface area contributed by atoms with Crippen molar-refractivity contribution in [3.63, 3.8) is 0 Å². The predicted molar refractivity (Wildman–Crippen MR) is 74.6 cm³/mol. The topological polar surface area (TPSA) is 61.3 Å². The zero-order valence-electron chi connectivity index (χ0n) is 11.5. The first kappa shape index (κ1) is 14.0. The summed E-state index contributed by atoms with van der Waals surface area (Å²) in [6.45, 7) is 4.29. The van der Waals surface area contributed by atoms with Crippen molar-refractivity contribution in [2.75, 3.05) is 13.2 Å². The molecule has 5 heteroatoms. The minimum atomic E-state index is -0.476. The molecule has 0 bridgehead atoms. The Kier molecular flexibility index (Phi) is 4.65. The van der Waals surface area contributed by atoms with Crippen LogP contribution in [-0.4, -0.2) is 29.2 Å². The molecule has 0 fully saturated rings. The van der Waals surface area contributed by atoms with E-state index in [1.165, 1.54) is 6.20 Å². The summed E-state index contributed by atoms with van der Waals surface area (Å²) in [5, 5.41) is 0. The molecule has 1 aromatic heterocycles. The van der Waals surface area contributed by atoms with Crippen LogP contribution in [0, 0.1) is 0 Å². The standard InChI is InChI=1S/C15H16N2O3/c1-3-19-14-12(15(18)20-4-2)10-16-13(17-14)11-8-6-5-7-9-11/h5-10H,3-4H2,1-2H3. The van der Waals surface area contributed by atoms with Crippen molar-refractivity contribution < 1.29 is 14.3 Å². The van der Waals surface area contributed by atoms with Gasteiger partial charge >= 0.3 is 5.97 Å². The molecular formula is C15H16N2O3. The second-order valence-corrected chi connectivity index (χ2v) is 3.93. The Balaban J connectivity index is 2.39. The van der Waals surface area contributed by atoms with Crippen LogP contribution in [0.5, 0.6) is 5.88 Å². The Morgan fingerprint density at radius 2 is 1.90 bits per heavy atom. The Morgan fingerprint density at radius 1 is 1.15 bits per heavy atom. The van der Waals surface area contributed by atoms with Gasteiger partial charge in [-0.05, 0) is 13.8 Å². The smallest absolute Gasteiger partial charge is 0.345 e. The van der Waals surface area contributed by atoms with Crippen LogP contribution in [0.2, 0.25) is 0 Å². The number of carbonyl (C=O) groups excluding carboxylic acids is 1. The van der Waals surface area contributed by atoms with Crippen LogP contribution in [-0.2, 0) is 4.74 Å². The van der Waals surface area contributed by atoms with E-state index in [-0.39, 0.29) is 11.4 Å². The van der Waals surface area contributed by atoms with Gasteiger partial charge in [-0.15, -0.1) is 0 Å². The molecule has 0 aliphatic rings. The Morgan fingerprint density at radius 3 is 2.55 bits per heavy atom. The Labute approximate surface area is 117 Å². The largest absolute Gasteiger partial charge is 0.477 e. The van der Waals surface area contributed by atoms with Gasteiger partial charge in [0.15, 0.2) is 5.82 Å². The van der Waals surface area contributed by atoms with E-state index >= 15 is 0 Å². The summed E-state index contributed by atoms with van der Waals surface area (Å²) in [5.74, 6) is 0.289. The first-order valence-corrected chi connectivity index (χ1v) is 6.48. The molecule has 2 rings (SSSR count). The van der Waals surface area contributed by atoms with Gasteiger partial charge in [-0.3, -0.25) is 0 Å². The number of benzene rings is 1. The van der Waals surface area contributed by atoms with Crippen molar-refractivity contribution in [1.29, 1.82) is 0 Å². The first-order valence-electron chi connectivity index (χ1n) is 6.48. The summed E-state index contributed by atoms with van der Waals surface area (Å²) in [7, 11) is 0. The zero-order valence-corrected chi connectivity index (χ0v) is 11.5. The highest BCUT2D eigenvalue weighted by atomic mass is 16.5. The highest BCUT2D eigenvalue weighted by Crippen LogP contribution is 2.21. The highest BCUT2D eigenvalue weighted by molar-refractivity contribution is 5.91. The maximum absolute atomic E-state index is 11.8. The normalized spacial score (nSPS) is 10.1. The average molecular weight is 272 g/mol. The second-order valence-electron chi connectivity index (χ2n) is 3.93. The average Bonchev–Trinajstić information content (AvgIpc) is 2.48. The molecule has 2 aromatic rings. The summed E-state index contributed by atoms with van der Waals surface area (Å²) >= 11 is 0. The lowest BCUT2D eigenvalue weighted by Crippen LogP contribution is -2.10. The minimum absolute atomic E-state index is 0.244. The molecule has 5 nitrogen and oxygen atoms in total. The van der Waals surface area contributed by atoms with Crippen LogP contribution < -0.4 is 4.74 Å². The number of rotatable bonds is 5. The Hall–Kier alpha value is -2.43. The molecule has 0 atom stereocenters. The van der Waals surface area contributed by atoms with Gasteiger partial charge in [0.2, 0.25) is 5.88 Å². The first-order chi connectivity index (χ1) is 9.76. The third-order valence-corrected chi connectivity index (χ3v) is 2.56. The summed E-state index contributed by atoms with van der Waals surface area (Å²) in [5.41, 5.74) is 1.11. The molecule has 104 valence electrons. The van der Waals surface area contributed by atoms with E-state index in [0.717, 1.165) is 5.56 Å². The van der Waals surface area contributed by atoms with Crippen molar-refractivity contribution >= 4 is 5.97 Å². The second kappa shape index (κ2) is 6.65. The lowest BCUT2D eigenvalue weighted by atomic mass is 10.2. The number of carbonyl (C=O) groups is 1. The lowest BCUT2D eigenvalue weighted by Gasteiger charge is -2.09. The number of hydrogen-bond donors (Lipinski definition) is 0. The molecule has 0 radical (unpaired) electrons. The summed E-state index contributed by atoms with van der Waals surface area (Å²) in [4.78, 5) is 20.3. The van der Waals surface area contributed by atoms with Crippen LogP contribution in [0.4, 0.5) is 0 Å². The number of esters is 1. The third-order valence-electron chi connectivity index (χ3n) is 2.56. The van der Waals surface area contributed by atoms with Gasteiger partial charge in [-0.25, -0.2) is 9.78 Å². The fraction of sp³-hybridized carbons (Fsp3) is 0.267. The van der Waals surface area contributed by atoms with Crippen molar-refractivity contribution in [1.82, 2.24) is 9.97 Å². The SMILES string of the molecule is CCOC(=O)c1cnc(-c2ccccc2)nc1OCC. The molecule has 1 aromatic carbocycles. The number of aromatic nitrogens is 2. The van der Waals surface area contributed by atoms with Crippen molar-refractivity contribution in [3.8, 4) is 17.3 Å². The van der Waals surface area contributed by atoms with Gasteiger partial charge < -0.3 is 9.47 Å². The lowest BCUT2D eigenvalue weighted by molar-refractivity contribution is 0.0520. The molecule has 0 spiro atoms. The quantitative estimate of drug-likeness (QED) is 0.783. The third kappa shape index (κ3) is 3.12. The van der Waals surface area contributed by atoms with Crippen molar-refractivity contribution in [2.24, 2.45) is 0 Å². The van der Waals surface area contributed by atoms with Crippen LogP contribution in [0.3, 0.4) is 0 Å². The summed E-state index contributed by atoms with van der Waals surface area (Å²) in [6, 6.07) is 9.51. The molecule has 0 saturated heterocycles. The van der Waals surface area contributed by atoms with Gasteiger partial charge in [-0.2, -0.15) is 4.98 Å². The van der Waals surface area contributed by atoms with Crippen LogP contribution in [0.15, 0.2) is 36.5 Å².